The predicted molar refractivity (Wildman–Crippen MR) is 118 cm³/mol. The summed E-state index contributed by atoms with van der Waals surface area (Å²) in [6.45, 7) is 5.25. The number of ether oxygens (including phenoxy) is 2. The van der Waals surface area contributed by atoms with E-state index in [0.717, 1.165) is 48.9 Å². The molecule has 1 aliphatic rings. The third kappa shape index (κ3) is 4.98. The van der Waals surface area contributed by atoms with Gasteiger partial charge in [0.15, 0.2) is 5.76 Å². The first-order valence-electron chi connectivity index (χ1n) is 10.6. The summed E-state index contributed by atoms with van der Waals surface area (Å²) >= 11 is 0. The number of hydrogen-bond donors (Lipinski definition) is 1. The average molecular weight is 421 g/mol. The van der Waals surface area contributed by atoms with Crippen LogP contribution >= 0.6 is 0 Å². The molecule has 1 aromatic heterocycles. The van der Waals surface area contributed by atoms with Gasteiger partial charge in [-0.2, -0.15) is 0 Å². The van der Waals surface area contributed by atoms with E-state index >= 15 is 0 Å². The van der Waals surface area contributed by atoms with Gasteiger partial charge in [-0.3, -0.25) is 9.69 Å². The molecule has 6 heteroatoms. The van der Waals surface area contributed by atoms with Crippen LogP contribution < -0.4 is 10.1 Å². The van der Waals surface area contributed by atoms with Gasteiger partial charge in [-0.1, -0.05) is 42.5 Å². The minimum atomic E-state index is -0.301. The fourth-order valence-corrected chi connectivity index (χ4v) is 3.85. The number of furan rings is 1. The van der Waals surface area contributed by atoms with Crippen molar-refractivity contribution in [3.63, 3.8) is 0 Å². The molecule has 0 aliphatic carbocycles. The number of carbonyl (C=O) groups excluding carboxylic acids is 1. The zero-order valence-electron chi connectivity index (χ0n) is 17.9. The molecule has 0 spiro atoms. The van der Waals surface area contributed by atoms with E-state index < -0.39 is 0 Å². The Morgan fingerprint density at radius 3 is 2.32 bits per heavy atom. The highest BCUT2D eigenvalue weighted by atomic mass is 16.5. The lowest BCUT2D eigenvalue weighted by atomic mass is 9.98. The van der Waals surface area contributed by atoms with Crippen LogP contribution in [0.5, 0.6) is 5.75 Å². The van der Waals surface area contributed by atoms with E-state index in [9.17, 15) is 4.79 Å². The largest absolute Gasteiger partial charge is 0.497 e. The van der Waals surface area contributed by atoms with Crippen LogP contribution in [0.1, 0.15) is 46.4 Å². The van der Waals surface area contributed by atoms with Crippen LogP contribution in [0, 0.1) is 0 Å². The van der Waals surface area contributed by atoms with Crippen molar-refractivity contribution in [2.45, 2.75) is 19.0 Å². The molecule has 1 N–H and O–H groups in total. The third-order valence-corrected chi connectivity index (χ3v) is 5.71. The molecular formula is C25H28N2O4. The molecule has 0 bridgehead atoms. The van der Waals surface area contributed by atoms with Crippen LogP contribution in [0.3, 0.4) is 0 Å². The van der Waals surface area contributed by atoms with E-state index in [0.29, 0.717) is 5.76 Å². The quantitative estimate of drug-likeness (QED) is 0.621. The van der Waals surface area contributed by atoms with Gasteiger partial charge in [0, 0.05) is 13.1 Å². The Morgan fingerprint density at radius 2 is 1.65 bits per heavy atom. The standard InChI is InChI=1S/C25H28N2O4/c1-18(27-14-16-30-17-15-27)22-12-13-23(31-22)25(28)26-24(19-6-4-3-5-7-19)20-8-10-21(29-2)11-9-20/h3-13,18,24H,14-17H2,1-2H3,(H,26,28)/t18-,24-/m0/s1. The summed E-state index contributed by atoms with van der Waals surface area (Å²) in [5, 5.41) is 3.13. The first-order chi connectivity index (χ1) is 15.2. The maximum absolute atomic E-state index is 13.1. The Balaban J connectivity index is 1.53. The van der Waals surface area contributed by atoms with Crippen LogP contribution in [-0.2, 0) is 4.74 Å². The fraction of sp³-hybridized carbons (Fsp3) is 0.320. The Kier molecular flexibility index (Phi) is 6.70. The second-order valence-corrected chi connectivity index (χ2v) is 7.62. The summed E-state index contributed by atoms with van der Waals surface area (Å²) in [5.74, 6) is 1.62. The Labute approximate surface area is 182 Å². The maximum atomic E-state index is 13.1. The molecule has 6 nitrogen and oxygen atoms in total. The van der Waals surface area contributed by atoms with Crippen LogP contribution in [0.15, 0.2) is 71.1 Å². The lowest BCUT2D eigenvalue weighted by Gasteiger charge is -2.31. The van der Waals surface area contributed by atoms with Gasteiger partial charge in [-0.15, -0.1) is 0 Å². The van der Waals surface area contributed by atoms with E-state index in [1.807, 2.05) is 60.7 Å². The van der Waals surface area contributed by atoms with Gasteiger partial charge in [-0.05, 0) is 42.3 Å². The van der Waals surface area contributed by atoms with Crippen LogP contribution in [0.4, 0.5) is 0 Å². The molecule has 1 fully saturated rings. The van der Waals surface area contributed by atoms with E-state index in [-0.39, 0.29) is 18.0 Å². The minimum absolute atomic E-state index is 0.0944. The summed E-state index contributed by atoms with van der Waals surface area (Å²) < 4.78 is 16.6. The topological polar surface area (TPSA) is 63.9 Å². The van der Waals surface area contributed by atoms with Crippen LogP contribution in [-0.4, -0.2) is 44.2 Å². The van der Waals surface area contributed by atoms with Gasteiger partial charge < -0.3 is 19.2 Å². The average Bonchev–Trinajstić information content (AvgIpc) is 3.34. The van der Waals surface area contributed by atoms with Gasteiger partial charge in [0.25, 0.3) is 5.91 Å². The molecule has 0 saturated carbocycles. The highest BCUT2D eigenvalue weighted by molar-refractivity contribution is 5.92. The van der Waals surface area contributed by atoms with Crippen LogP contribution in [0.2, 0.25) is 0 Å². The molecule has 1 aliphatic heterocycles. The number of rotatable bonds is 7. The number of morpholine rings is 1. The fourth-order valence-electron chi connectivity index (χ4n) is 3.85. The monoisotopic (exact) mass is 420 g/mol. The molecule has 4 rings (SSSR count). The van der Waals surface area contributed by atoms with Crippen molar-refractivity contribution >= 4 is 5.91 Å². The van der Waals surface area contributed by atoms with Gasteiger partial charge in [-0.25, -0.2) is 0 Å². The molecular weight excluding hydrogens is 392 g/mol. The highest BCUT2D eigenvalue weighted by Crippen LogP contribution is 2.26. The van der Waals surface area contributed by atoms with E-state index in [2.05, 4.69) is 17.1 Å². The summed E-state index contributed by atoms with van der Waals surface area (Å²) in [7, 11) is 1.64. The number of benzene rings is 2. The zero-order chi connectivity index (χ0) is 21.6. The first kappa shape index (κ1) is 21.2. The number of methoxy groups -OCH3 is 1. The normalized spacial score (nSPS) is 16.5. The predicted octanol–water partition coefficient (Wildman–Crippen LogP) is 4.20. The van der Waals surface area contributed by atoms with Crippen molar-refractivity contribution in [3.05, 3.63) is 89.4 Å². The molecule has 3 aromatic rings. The molecule has 31 heavy (non-hydrogen) atoms. The van der Waals surface area contributed by atoms with Crippen molar-refractivity contribution in [3.8, 4) is 5.75 Å². The Bertz CT molecular complexity index is 978. The van der Waals surface area contributed by atoms with Gasteiger partial charge in [0.1, 0.15) is 11.5 Å². The molecule has 2 aromatic carbocycles. The van der Waals surface area contributed by atoms with E-state index in [4.69, 9.17) is 13.9 Å². The Morgan fingerprint density at radius 1 is 0.968 bits per heavy atom. The highest BCUT2D eigenvalue weighted by Gasteiger charge is 2.24. The zero-order valence-corrected chi connectivity index (χ0v) is 17.9. The SMILES string of the molecule is COc1ccc([C@@H](NC(=O)c2ccc([C@H](C)N3CCOCC3)o2)c2ccccc2)cc1. The van der Waals surface area contributed by atoms with Crippen molar-refractivity contribution in [1.82, 2.24) is 10.2 Å². The lowest BCUT2D eigenvalue weighted by molar-refractivity contribution is 0.0155. The molecule has 0 radical (unpaired) electrons. The second-order valence-electron chi connectivity index (χ2n) is 7.62. The summed E-state index contributed by atoms with van der Waals surface area (Å²) in [4.78, 5) is 15.4. The number of nitrogens with zero attached hydrogens (tertiary/aromatic N) is 1. The third-order valence-electron chi connectivity index (χ3n) is 5.71. The Hall–Kier alpha value is -3.09. The summed E-state index contributed by atoms with van der Waals surface area (Å²) in [6.07, 6.45) is 0. The molecule has 0 unspecified atom stereocenters. The van der Waals surface area contributed by atoms with E-state index in [1.165, 1.54) is 0 Å². The first-order valence-corrected chi connectivity index (χ1v) is 10.6. The van der Waals surface area contributed by atoms with Crippen molar-refractivity contribution in [1.29, 1.82) is 0 Å². The smallest absolute Gasteiger partial charge is 0.287 e. The molecule has 162 valence electrons. The van der Waals surface area contributed by atoms with Gasteiger partial charge in [0.05, 0.1) is 32.4 Å². The lowest BCUT2D eigenvalue weighted by Crippen LogP contribution is -2.37. The van der Waals surface area contributed by atoms with Crippen molar-refractivity contribution in [2.24, 2.45) is 0 Å². The molecule has 1 amide bonds. The summed E-state index contributed by atoms with van der Waals surface area (Å²) in [5.41, 5.74) is 1.96. The van der Waals surface area contributed by atoms with Crippen molar-refractivity contribution in [2.75, 3.05) is 33.4 Å². The number of nitrogens with one attached hydrogen (secondary N) is 1. The molecule has 2 heterocycles. The van der Waals surface area contributed by atoms with E-state index in [1.54, 1.807) is 13.2 Å². The van der Waals surface area contributed by atoms with Crippen molar-refractivity contribution < 1.29 is 18.7 Å². The second kappa shape index (κ2) is 9.81. The summed E-state index contributed by atoms with van der Waals surface area (Å²) in [6, 6.07) is 21.0. The van der Waals surface area contributed by atoms with Crippen LogP contribution in [0.25, 0.3) is 0 Å². The molecule has 2 atom stereocenters. The maximum Gasteiger partial charge on any atom is 0.287 e. The molecule has 1 saturated heterocycles. The number of hydrogen-bond acceptors (Lipinski definition) is 5. The number of carbonyl (C=O) groups is 1. The van der Waals surface area contributed by atoms with Gasteiger partial charge in [0.2, 0.25) is 0 Å². The number of amides is 1. The minimum Gasteiger partial charge on any atom is -0.497 e. The van der Waals surface area contributed by atoms with Gasteiger partial charge >= 0.3 is 0 Å².